The van der Waals surface area contributed by atoms with Gasteiger partial charge in [-0.3, -0.25) is 14.5 Å². The monoisotopic (exact) mass is 494 g/mol. The van der Waals surface area contributed by atoms with Crippen molar-refractivity contribution in [2.45, 2.75) is 97.1 Å². The van der Waals surface area contributed by atoms with Crippen LogP contribution in [0.25, 0.3) is 0 Å². The topological polar surface area (TPSA) is 69.6 Å². The van der Waals surface area contributed by atoms with E-state index in [1.54, 1.807) is 0 Å². The van der Waals surface area contributed by atoms with E-state index < -0.39 is 5.97 Å². The average molecular weight is 495 g/mol. The number of amides is 1. The molecule has 2 aromatic rings. The molecule has 198 valence electrons. The lowest BCUT2D eigenvalue weighted by molar-refractivity contribution is -0.139. The molecule has 0 bridgehead atoms. The number of hydrogen-bond donors (Lipinski definition) is 2. The molecule has 0 aromatic heterocycles. The quantitative estimate of drug-likeness (QED) is 0.200. The van der Waals surface area contributed by atoms with E-state index in [1.165, 1.54) is 51.4 Å². The smallest absolute Gasteiger partial charge is 0.317 e. The number of carboxylic acid groups (broad SMARTS) is 1. The summed E-state index contributed by atoms with van der Waals surface area (Å²) in [5.41, 5.74) is 2.76. The number of nitrogens with zero attached hydrogens (tertiary/aromatic N) is 1. The van der Waals surface area contributed by atoms with Crippen molar-refractivity contribution in [2.75, 3.05) is 13.1 Å². The van der Waals surface area contributed by atoms with Crippen LogP contribution < -0.4 is 5.32 Å². The number of nitrogens with one attached hydrogen (secondary N) is 1. The molecule has 1 amide bonds. The first kappa shape index (κ1) is 29.6. The molecule has 0 aliphatic rings. The van der Waals surface area contributed by atoms with Crippen molar-refractivity contribution in [1.82, 2.24) is 10.2 Å². The predicted octanol–water partition coefficient (Wildman–Crippen LogP) is 7.38. The Hall–Kier alpha value is -2.66. The summed E-state index contributed by atoms with van der Waals surface area (Å²) >= 11 is 0. The minimum Gasteiger partial charge on any atom is -0.480 e. The van der Waals surface area contributed by atoms with E-state index in [4.69, 9.17) is 0 Å². The molecule has 0 aliphatic carbocycles. The van der Waals surface area contributed by atoms with Gasteiger partial charge in [0.15, 0.2) is 0 Å². The highest BCUT2D eigenvalue weighted by molar-refractivity contribution is 5.94. The number of rotatable bonds is 19. The molecule has 2 N–H and O–H groups in total. The zero-order valence-corrected chi connectivity index (χ0v) is 22.4. The Balaban J connectivity index is 1.76. The van der Waals surface area contributed by atoms with Crippen molar-refractivity contribution in [3.8, 4) is 0 Å². The van der Waals surface area contributed by atoms with Gasteiger partial charge < -0.3 is 10.4 Å². The number of unbranched alkanes of at least 4 members (excludes halogenated alkanes) is 9. The van der Waals surface area contributed by atoms with Crippen molar-refractivity contribution < 1.29 is 14.7 Å². The lowest BCUT2D eigenvalue weighted by atomic mass is 10.0. The fraction of sp³-hybridized carbons (Fsp3) is 0.548. The van der Waals surface area contributed by atoms with Crippen LogP contribution in [0.5, 0.6) is 0 Å². The molecular weight excluding hydrogens is 448 g/mol. The Kier molecular flexibility index (Phi) is 14.6. The van der Waals surface area contributed by atoms with E-state index in [1.807, 2.05) is 59.5 Å². The molecule has 36 heavy (non-hydrogen) atoms. The van der Waals surface area contributed by atoms with Crippen molar-refractivity contribution >= 4 is 11.9 Å². The molecule has 0 fully saturated rings. The van der Waals surface area contributed by atoms with E-state index in [0.29, 0.717) is 18.7 Å². The highest BCUT2D eigenvalue weighted by Crippen LogP contribution is 2.26. The number of aliphatic carboxylic acids is 1. The highest BCUT2D eigenvalue weighted by Gasteiger charge is 2.21. The third kappa shape index (κ3) is 11.4. The van der Waals surface area contributed by atoms with Gasteiger partial charge >= 0.3 is 5.97 Å². The molecule has 0 spiro atoms. The van der Waals surface area contributed by atoms with Crippen molar-refractivity contribution in [2.24, 2.45) is 0 Å². The Morgan fingerprint density at radius 3 is 1.94 bits per heavy atom. The SMILES string of the molecule is CCCCCCCCCCCCNC(=O)c1ccc(CN(CC(=O)O)C(CC)c2ccccc2)cc1. The van der Waals surface area contributed by atoms with E-state index in [0.717, 1.165) is 30.4 Å². The number of benzene rings is 2. The summed E-state index contributed by atoms with van der Waals surface area (Å²) in [5.74, 6) is -0.886. The fourth-order valence-corrected chi connectivity index (χ4v) is 4.74. The van der Waals surface area contributed by atoms with Gasteiger partial charge in [-0.1, -0.05) is 114 Å². The number of carbonyl (C=O) groups excluding carboxylic acids is 1. The zero-order chi connectivity index (χ0) is 26.0. The minimum absolute atomic E-state index is 0.0198. The second-order valence-electron chi connectivity index (χ2n) is 9.77. The number of carbonyl (C=O) groups is 2. The molecule has 0 saturated heterocycles. The molecule has 0 aliphatic heterocycles. The van der Waals surface area contributed by atoms with Crippen LogP contribution in [0.1, 0.15) is 112 Å². The summed E-state index contributed by atoms with van der Waals surface area (Å²) in [6, 6.07) is 17.6. The molecule has 0 radical (unpaired) electrons. The highest BCUT2D eigenvalue weighted by atomic mass is 16.4. The molecule has 1 atom stereocenters. The fourth-order valence-electron chi connectivity index (χ4n) is 4.74. The molecule has 5 heteroatoms. The lowest BCUT2D eigenvalue weighted by Crippen LogP contribution is -2.33. The third-order valence-electron chi connectivity index (χ3n) is 6.77. The summed E-state index contributed by atoms with van der Waals surface area (Å²) in [4.78, 5) is 26.1. The molecule has 0 heterocycles. The Bertz CT molecular complexity index is 867. The maximum atomic E-state index is 12.5. The van der Waals surface area contributed by atoms with Gasteiger partial charge in [-0.05, 0) is 36.1 Å². The molecular formula is C31H46N2O3. The van der Waals surface area contributed by atoms with Gasteiger partial charge in [-0.25, -0.2) is 0 Å². The molecule has 2 aromatic carbocycles. The summed E-state index contributed by atoms with van der Waals surface area (Å²) in [7, 11) is 0. The van der Waals surface area contributed by atoms with Crippen LogP contribution in [0.15, 0.2) is 54.6 Å². The van der Waals surface area contributed by atoms with Crippen LogP contribution in [0, 0.1) is 0 Å². The largest absolute Gasteiger partial charge is 0.480 e. The Morgan fingerprint density at radius 1 is 0.806 bits per heavy atom. The van der Waals surface area contributed by atoms with E-state index >= 15 is 0 Å². The molecule has 1 unspecified atom stereocenters. The summed E-state index contributed by atoms with van der Waals surface area (Å²) in [6.45, 7) is 5.52. The molecule has 0 saturated carbocycles. The zero-order valence-electron chi connectivity index (χ0n) is 22.4. The van der Waals surface area contributed by atoms with Gasteiger partial charge in [-0.15, -0.1) is 0 Å². The van der Waals surface area contributed by atoms with Crippen LogP contribution in [-0.2, 0) is 11.3 Å². The maximum absolute atomic E-state index is 12.5. The first-order chi connectivity index (χ1) is 17.5. The van der Waals surface area contributed by atoms with Gasteiger partial charge in [0, 0.05) is 24.7 Å². The van der Waals surface area contributed by atoms with E-state index in [-0.39, 0.29) is 18.5 Å². The van der Waals surface area contributed by atoms with Crippen LogP contribution in [0.4, 0.5) is 0 Å². The van der Waals surface area contributed by atoms with E-state index in [2.05, 4.69) is 19.2 Å². The summed E-state index contributed by atoms with van der Waals surface area (Å²) < 4.78 is 0. The summed E-state index contributed by atoms with van der Waals surface area (Å²) in [5, 5.41) is 12.5. The standard InChI is InChI=1S/C31H46N2O3/c1-3-5-6-7-8-9-10-11-12-16-23-32-31(36)28-21-19-26(20-22-28)24-33(25-30(34)35)29(4-2)27-17-14-13-15-18-27/h13-15,17-22,29H,3-12,16,23-25H2,1-2H3,(H,32,36)(H,34,35). The number of carboxylic acids is 1. The van der Waals surface area contributed by atoms with Crippen molar-refractivity contribution in [3.63, 3.8) is 0 Å². The predicted molar refractivity (Wildman–Crippen MR) is 148 cm³/mol. The first-order valence-electron chi connectivity index (χ1n) is 13.9. The van der Waals surface area contributed by atoms with Crippen molar-refractivity contribution in [1.29, 1.82) is 0 Å². The first-order valence-corrected chi connectivity index (χ1v) is 13.9. The average Bonchev–Trinajstić information content (AvgIpc) is 2.88. The Labute approximate surface area is 218 Å². The van der Waals surface area contributed by atoms with Gasteiger partial charge in [0.05, 0.1) is 6.54 Å². The van der Waals surface area contributed by atoms with Crippen LogP contribution in [-0.4, -0.2) is 35.0 Å². The normalized spacial score (nSPS) is 12.0. The van der Waals surface area contributed by atoms with Gasteiger partial charge in [0.2, 0.25) is 0 Å². The third-order valence-corrected chi connectivity index (χ3v) is 6.77. The van der Waals surface area contributed by atoms with Gasteiger partial charge in [0.1, 0.15) is 0 Å². The lowest BCUT2D eigenvalue weighted by Gasteiger charge is -2.30. The number of hydrogen-bond acceptors (Lipinski definition) is 3. The van der Waals surface area contributed by atoms with Crippen LogP contribution in [0.2, 0.25) is 0 Å². The second kappa shape index (κ2) is 17.7. The van der Waals surface area contributed by atoms with Crippen LogP contribution >= 0.6 is 0 Å². The van der Waals surface area contributed by atoms with Gasteiger partial charge in [0.25, 0.3) is 5.91 Å². The summed E-state index contributed by atoms with van der Waals surface area (Å²) in [6.07, 6.45) is 13.6. The van der Waals surface area contributed by atoms with E-state index in [9.17, 15) is 14.7 Å². The van der Waals surface area contributed by atoms with Crippen LogP contribution in [0.3, 0.4) is 0 Å². The maximum Gasteiger partial charge on any atom is 0.317 e. The molecule has 2 rings (SSSR count). The Morgan fingerprint density at radius 2 is 1.39 bits per heavy atom. The van der Waals surface area contributed by atoms with Gasteiger partial charge in [-0.2, -0.15) is 0 Å². The second-order valence-corrected chi connectivity index (χ2v) is 9.77. The minimum atomic E-state index is -0.840. The molecule has 5 nitrogen and oxygen atoms in total. The van der Waals surface area contributed by atoms with Crippen molar-refractivity contribution in [3.05, 3.63) is 71.3 Å².